The van der Waals surface area contributed by atoms with E-state index >= 15 is 0 Å². The number of aryl methyl sites for hydroxylation is 1. The van der Waals surface area contributed by atoms with E-state index in [4.69, 9.17) is 11.6 Å². The lowest BCUT2D eigenvalue weighted by Gasteiger charge is -2.26. The van der Waals surface area contributed by atoms with E-state index in [1.54, 1.807) is 0 Å². The molecule has 0 saturated heterocycles. The van der Waals surface area contributed by atoms with Gasteiger partial charge in [0.2, 0.25) is 11.2 Å². The van der Waals surface area contributed by atoms with Crippen molar-refractivity contribution in [3.8, 4) is 0 Å². The highest BCUT2D eigenvalue weighted by atomic mass is 35.5. The molecule has 1 aromatic heterocycles. The number of anilines is 1. The Labute approximate surface area is 131 Å². The number of carbonyl (C=O) groups is 1. The van der Waals surface area contributed by atoms with Crippen molar-refractivity contribution in [3.63, 3.8) is 0 Å². The fraction of sp³-hybridized carbons (Fsp3) is 0.667. The van der Waals surface area contributed by atoms with Crippen molar-refractivity contribution >= 4 is 23.3 Å². The number of nitrogens with one attached hydrogen (secondary N) is 1. The number of amides is 1. The minimum absolute atomic E-state index is 0.00849. The predicted molar refractivity (Wildman–Crippen MR) is 84.8 cm³/mol. The van der Waals surface area contributed by atoms with E-state index in [0.717, 1.165) is 36.3 Å². The van der Waals surface area contributed by atoms with Gasteiger partial charge < -0.3 is 10.2 Å². The normalized spacial score (nSPS) is 14.0. The van der Waals surface area contributed by atoms with Crippen LogP contribution < -0.4 is 10.2 Å². The monoisotopic (exact) mass is 310 g/mol. The van der Waals surface area contributed by atoms with E-state index in [9.17, 15) is 4.79 Å². The first-order valence-electron chi connectivity index (χ1n) is 7.41. The Hall–Kier alpha value is -1.36. The molecule has 1 amide bonds. The fourth-order valence-corrected chi connectivity index (χ4v) is 2.79. The van der Waals surface area contributed by atoms with Gasteiger partial charge in [0.15, 0.2) is 0 Å². The Bertz CT molecular complexity index is 539. The second-order valence-corrected chi connectivity index (χ2v) is 6.75. The molecule has 0 atom stereocenters. The topological polar surface area (TPSA) is 58.1 Å². The number of nitrogens with zero attached hydrogens (tertiary/aromatic N) is 3. The summed E-state index contributed by atoms with van der Waals surface area (Å²) < 4.78 is 0. The van der Waals surface area contributed by atoms with E-state index < -0.39 is 0 Å². The van der Waals surface area contributed by atoms with Gasteiger partial charge in [0, 0.05) is 17.6 Å². The largest absolute Gasteiger partial charge is 0.350 e. The van der Waals surface area contributed by atoms with E-state index in [0.29, 0.717) is 6.54 Å². The summed E-state index contributed by atoms with van der Waals surface area (Å²) in [6.07, 6.45) is 2.97. The van der Waals surface area contributed by atoms with Crippen LogP contribution in [0, 0.1) is 0 Å². The van der Waals surface area contributed by atoms with Crippen LogP contribution in [0.3, 0.4) is 0 Å². The minimum Gasteiger partial charge on any atom is -0.350 e. The summed E-state index contributed by atoms with van der Waals surface area (Å²) in [6.45, 7) is 8.92. The number of hydrogen-bond donors (Lipinski definition) is 1. The minimum atomic E-state index is -0.234. The number of likely N-dealkylation sites (N-methyl/N-ethyl adjacent to an activating group) is 1. The molecule has 2 rings (SSSR count). The summed E-state index contributed by atoms with van der Waals surface area (Å²) in [7, 11) is 0. The molecule has 0 aliphatic heterocycles. The van der Waals surface area contributed by atoms with Gasteiger partial charge in [-0.1, -0.05) is 0 Å². The van der Waals surface area contributed by atoms with Crippen LogP contribution in [0.2, 0.25) is 5.28 Å². The van der Waals surface area contributed by atoms with Gasteiger partial charge in [0.1, 0.15) is 5.82 Å². The van der Waals surface area contributed by atoms with Crippen molar-refractivity contribution in [1.29, 1.82) is 0 Å². The Morgan fingerprint density at radius 2 is 2.05 bits per heavy atom. The third kappa shape index (κ3) is 4.06. The Kier molecular flexibility index (Phi) is 4.71. The second-order valence-electron chi connectivity index (χ2n) is 6.41. The highest BCUT2D eigenvalue weighted by molar-refractivity contribution is 6.28. The molecule has 1 aliphatic carbocycles. The first kappa shape index (κ1) is 16.0. The lowest BCUT2D eigenvalue weighted by atomic mass is 10.1. The Balaban J connectivity index is 2.21. The molecule has 116 valence electrons. The number of carbonyl (C=O) groups excluding carboxylic acids is 1. The van der Waals surface area contributed by atoms with Gasteiger partial charge in [0.25, 0.3) is 0 Å². The van der Waals surface area contributed by atoms with Crippen molar-refractivity contribution in [2.24, 2.45) is 0 Å². The van der Waals surface area contributed by atoms with Crippen LogP contribution in [0.4, 0.5) is 5.82 Å². The molecule has 1 aromatic rings. The molecule has 0 radical (unpaired) electrons. The highest BCUT2D eigenvalue weighted by Crippen LogP contribution is 2.29. The first-order valence-corrected chi connectivity index (χ1v) is 7.79. The van der Waals surface area contributed by atoms with Crippen LogP contribution in [-0.4, -0.2) is 34.5 Å². The van der Waals surface area contributed by atoms with Crippen molar-refractivity contribution < 1.29 is 4.79 Å². The van der Waals surface area contributed by atoms with Gasteiger partial charge >= 0.3 is 0 Å². The second kappa shape index (κ2) is 6.18. The first-order chi connectivity index (χ1) is 9.80. The zero-order valence-corrected chi connectivity index (χ0v) is 13.9. The Morgan fingerprint density at radius 1 is 1.33 bits per heavy atom. The molecular weight excluding hydrogens is 288 g/mol. The average Bonchev–Trinajstić information content (AvgIpc) is 2.80. The molecule has 6 heteroatoms. The van der Waals surface area contributed by atoms with Gasteiger partial charge in [-0.05, 0) is 58.6 Å². The molecule has 21 heavy (non-hydrogen) atoms. The van der Waals surface area contributed by atoms with E-state index in [1.165, 1.54) is 0 Å². The van der Waals surface area contributed by atoms with Crippen LogP contribution in [-0.2, 0) is 17.6 Å². The van der Waals surface area contributed by atoms with Crippen LogP contribution >= 0.6 is 11.6 Å². The molecule has 0 spiro atoms. The lowest BCUT2D eigenvalue weighted by molar-refractivity contribution is -0.121. The molecule has 0 fully saturated rings. The maximum Gasteiger partial charge on any atom is 0.239 e. The number of hydrogen-bond acceptors (Lipinski definition) is 4. The Morgan fingerprint density at radius 3 is 2.67 bits per heavy atom. The maximum atomic E-state index is 12.2. The van der Waals surface area contributed by atoms with Crippen molar-refractivity contribution in [1.82, 2.24) is 15.3 Å². The van der Waals surface area contributed by atoms with E-state index in [-0.39, 0.29) is 23.3 Å². The fourth-order valence-electron chi connectivity index (χ4n) is 2.61. The molecule has 1 aliphatic rings. The molecule has 0 saturated carbocycles. The average molecular weight is 311 g/mol. The van der Waals surface area contributed by atoms with Crippen LogP contribution in [0.1, 0.15) is 45.4 Å². The zero-order valence-electron chi connectivity index (χ0n) is 13.2. The molecule has 0 unspecified atom stereocenters. The highest BCUT2D eigenvalue weighted by Gasteiger charge is 2.24. The smallest absolute Gasteiger partial charge is 0.239 e. The number of fused-ring (bicyclic) bond motifs is 1. The van der Waals surface area contributed by atoms with Crippen LogP contribution in [0.15, 0.2) is 0 Å². The number of aromatic nitrogens is 2. The SMILES string of the molecule is CCN(CC(=O)NC(C)(C)C)c1nc(Cl)nc2c1CCC2. The molecule has 1 N–H and O–H groups in total. The van der Waals surface area contributed by atoms with Gasteiger partial charge in [-0.25, -0.2) is 9.97 Å². The summed E-state index contributed by atoms with van der Waals surface area (Å²) >= 11 is 6.02. The van der Waals surface area contributed by atoms with Crippen molar-refractivity contribution in [2.75, 3.05) is 18.0 Å². The van der Waals surface area contributed by atoms with Crippen molar-refractivity contribution in [2.45, 2.75) is 52.5 Å². The quantitative estimate of drug-likeness (QED) is 0.867. The zero-order chi connectivity index (χ0) is 15.6. The van der Waals surface area contributed by atoms with E-state index in [2.05, 4.69) is 15.3 Å². The maximum absolute atomic E-state index is 12.2. The molecule has 0 aromatic carbocycles. The molecule has 0 bridgehead atoms. The summed E-state index contributed by atoms with van der Waals surface area (Å²) in [4.78, 5) is 22.8. The lowest BCUT2D eigenvalue weighted by Crippen LogP contribution is -2.46. The van der Waals surface area contributed by atoms with Gasteiger partial charge in [-0.2, -0.15) is 0 Å². The van der Waals surface area contributed by atoms with Crippen LogP contribution in [0.5, 0.6) is 0 Å². The summed E-state index contributed by atoms with van der Waals surface area (Å²) in [5.41, 5.74) is 1.94. The molecular formula is C15H23ClN4O. The predicted octanol–water partition coefficient (Wildman–Crippen LogP) is 2.36. The third-order valence-corrected chi connectivity index (χ3v) is 3.58. The van der Waals surface area contributed by atoms with Crippen molar-refractivity contribution in [3.05, 3.63) is 16.5 Å². The van der Waals surface area contributed by atoms with Crippen LogP contribution in [0.25, 0.3) is 0 Å². The summed E-state index contributed by atoms with van der Waals surface area (Å²) in [5, 5.41) is 3.24. The van der Waals surface area contributed by atoms with Gasteiger partial charge in [-0.3, -0.25) is 4.79 Å². The molecule has 1 heterocycles. The third-order valence-electron chi connectivity index (χ3n) is 3.41. The van der Waals surface area contributed by atoms with Gasteiger partial charge in [0.05, 0.1) is 12.2 Å². The number of halogens is 1. The van der Waals surface area contributed by atoms with E-state index in [1.807, 2.05) is 32.6 Å². The van der Waals surface area contributed by atoms with Gasteiger partial charge in [-0.15, -0.1) is 0 Å². The number of rotatable bonds is 4. The summed E-state index contributed by atoms with van der Waals surface area (Å²) in [6, 6.07) is 0. The standard InChI is InChI=1S/C15H23ClN4O/c1-5-20(9-12(21)19-15(2,3)4)13-10-7-6-8-11(10)17-14(16)18-13/h5-9H2,1-4H3,(H,19,21). The summed E-state index contributed by atoms with van der Waals surface area (Å²) in [5.74, 6) is 0.805. The molecule has 5 nitrogen and oxygen atoms in total.